The van der Waals surface area contributed by atoms with Gasteiger partial charge in [0.2, 0.25) is 5.95 Å². The second kappa shape index (κ2) is 9.28. The number of morpholine rings is 1. The lowest BCUT2D eigenvalue weighted by Crippen LogP contribution is -2.38. The highest BCUT2D eigenvalue weighted by Gasteiger charge is 2.20. The lowest BCUT2D eigenvalue weighted by Gasteiger charge is -2.27. The molecule has 3 heterocycles. The molecule has 0 unspecified atom stereocenters. The Morgan fingerprint density at radius 1 is 1.14 bits per heavy atom. The van der Waals surface area contributed by atoms with Crippen LogP contribution >= 0.6 is 23.1 Å². The van der Waals surface area contributed by atoms with E-state index in [1.54, 1.807) is 23.1 Å². The van der Waals surface area contributed by atoms with Crippen molar-refractivity contribution in [3.8, 4) is 10.6 Å². The molecule has 1 aliphatic rings. The van der Waals surface area contributed by atoms with Gasteiger partial charge < -0.3 is 9.64 Å². The van der Waals surface area contributed by atoms with Crippen LogP contribution in [-0.4, -0.2) is 46.1 Å². The van der Waals surface area contributed by atoms with Gasteiger partial charge in [-0.05, 0) is 18.4 Å². The number of benzene rings is 1. The SMILES string of the molecule is CCn1c(SCc2csc(-c3ccc(C(C)C)cc3)n2)nnc1N1CCOCC1. The second-order valence-corrected chi connectivity index (χ2v) is 9.14. The average molecular weight is 430 g/mol. The van der Waals surface area contributed by atoms with E-state index in [1.165, 1.54) is 11.1 Å². The van der Waals surface area contributed by atoms with Gasteiger partial charge in [-0.25, -0.2) is 4.98 Å². The highest BCUT2D eigenvalue weighted by molar-refractivity contribution is 7.98. The van der Waals surface area contributed by atoms with Crippen LogP contribution in [0.15, 0.2) is 34.8 Å². The minimum Gasteiger partial charge on any atom is -0.378 e. The summed E-state index contributed by atoms with van der Waals surface area (Å²) in [5.74, 6) is 2.29. The van der Waals surface area contributed by atoms with Crippen molar-refractivity contribution in [2.75, 3.05) is 31.2 Å². The third-order valence-corrected chi connectivity index (χ3v) is 6.97. The molecule has 0 N–H and O–H groups in total. The number of nitrogens with zero attached hydrogens (tertiary/aromatic N) is 5. The van der Waals surface area contributed by atoms with Crippen molar-refractivity contribution in [1.82, 2.24) is 19.7 Å². The largest absolute Gasteiger partial charge is 0.378 e. The number of aromatic nitrogens is 4. The molecule has 4 rings (SSSR count). The Kier molecular flexibility index (Phi) is 6.52. The van der Waals surface area contributed by atoms with Gasteiger partial charge in [-0.2, -0.15) is 0 Å². The van der Waals surface area contributed by atoms with Crippen LogP contribution in [0.3, 0.4) is 0 Å². The Labute approximate surface area is 180 Å². The highest BCUT2D eigenvalue weighted by Crippen LogP contribution is 2.29. The van der Waals surface area contributed by atoms with E-state index in [9.17, 15) is 0 Å². The Bertz CT molecular complexity index is 929. The number of rotatable bonds is 7. The molecule has 1 aliphatic heterocycles. The molecule has 3 aromatic rings. The summed E-state index contributed by atoms with van der Waals surface area (Å²) in [6.07, 6.45) is 0. The second-order valence-electron chi connectivity index (χ2n) is 7.34. The van der Waals surface area contributed by atoms with Crippen LogP contribution in [0.1, 0.15) is 37.9 Å². The number of hydrogen-bond acceptors (Lipinski definition) is 7. The smallest absolute Gasteiger partial charge is 0.228 e. The van der Waals surface area contributed by atoms with Gasteiger partial charge in [0.05, 0.1) is 18.9 Å². The van der Waals surface area contributed by atoms with Crippen molar-refractivity contribution in [3.05, 3.63) is 40.9 Å². The van der Waals surface area contributed by atoms with Gasteiger partial charge in [0.1, 0.15) is 5.01 Å². The molecule has 6 nitrogen and oxygen atoms in total. The molecule has 0 amide bonds. The van der Waals surface area contributed by atoms with Gasteiger partial charge >= 0.3 is 0 Å². The molecule has 1 saturated heterocycles. The average Bonchev–Trinajstić information content (AvgIpc) is 3.39. The molecule has 154 valence electrons. The zero-order valence-electron chi connectivity index (χ0n) is 17.2. The maximum Gasteiger partial charge on any atom is 0.228 e. The Balaban J connectivity index is 1.43. The van der Waals surface area contributed by atoms with Gasteiger partial charge in [-0.15, -0.1) is 21.5 Å². The molecule has 0 saturated carbocycles. The summed E-state index contributed by atoms with van der Waals surface area (Å²) < 4.78 is 7.64. The van der Waals surface area contributed by atoms with E-state index < -0.39 is 0 Å². The van der Waals surface area contributed by atoms with Crippen molar-refractivity contribution in [2.24, 2.45) is 0 Å². The third-order valence-electron chi connectivity index (χ3n) is 5.03. The summed E-state index contributed by atoms with van der Waals surface area (Å²) in [7, 11) is 0. The quantitative estimate of drug-likeness (QED) is 0.509. The third kappa shape index (κ3) is 4.65. The molecule has 0 aliphatic carbocycles. The maximum atomic E-state index is 5.45. The molecule has 8 heteroatoms. The van der Waals surface area contributed by atoms with E-state index in [-0.39, 0.29) is 0 Å². The predicted molar refractivity (Wildman–Crippen MR) is 120 cm³/mol. The summed E-state index contributed by atoms with van der Waals surface area (Å²) in [5, 5.41) is 13.0. The Morgan fingerprint density at radius 2 is 1.90 bits per heavy atom. The first-order valence-electron chi connectivity index (χ1n) is 10.1. The van der Waals surface area contributed by atoms with E-state index >= 15 is 0 Å². The number of ether oxygens (including phenoxy) is 1. The first kappa shape index (κ1) is 20.4. The monoisotopic (exact) mass is 429 g/mol. The van der Waals surface area contributed by atoms with Crippen molar-refractivity contribution >= 4 is 29.0 Å². The molecule has 2 aromatic heterocycles. The van der Waals surface area contributed by atoms with E-state index in [4.69, 9.17) is 9.72 Å². The first-order valence-corrected chi connectivity index (χ1v) is 12.0. The Morgan fingerprint density at radius 3 is 2.59 bits per heavy atom. The van der Waals surface area contributed by atoms with E-state index in [2.05, 4.69) is 70.1 Å². The first-order chi connectivity index (χ1) is 14.2. The van der Waals surface area contributed by atoms with Gasteiger partial charge in [-0.3, -0.25) is 4.57 Å². The minimum atomic E-state index is 0.547. The molecule has 1 aromatic carbocycles. The van der Waals surface area contributed by atoms with Crippen molar-refractivity contribution in [2.45, 2.75) is 44.1 Å². The fourth-order valence-corrected chi connectivity index (χ4v) is 5.14. The highest BCUT2D eigenvalue weighted by atomic mass is 32.2. The fourth-order valence-electron chi connectivity index (χ4n) is 3.32. The zero-order valence-corrected chi connectivity index (χ0v) is 18.8. The number of anilines is 1. The lowest BCUT2D eigenvalue weighted by molar-refractivity contribution is 0.121. The normalized spacial score (nSPS) is 14.7. The predicted octanol–water partition coefficient (Wildman–Crippen LogP) is 4.67. The van der Waals surface area contributed by atoms with Crippen LogP contribution in [0.2, 0.25) is 0 Å². The van der Waals surface area contributed by atoms with Gasteiger partial charge in [-0.1, -0.05) is 49.9 Å². The summed E-state index contributed by atoms with van der Waals surface area (Å²) in [6.45, 7) is 10.7. The topological polar surface area (TPSA) is 56.1 Å². The summed E-state index contributed by atoms with van der Waals surface area (Å²) >= 11 is 3.40. The maximum absolute atomic E-state index is 5.45. The van der Waals surface area contributed by atoms with Crippen LogP contribution in [0.25, 0.3) is 10.6 Å². The van der Waals surface area contributed by atoms with Crippen LogP contribution in [-0.2, 0) is 17.0 Å². The van der Waals surface area contributed by atoms with Gasteiger partial charge in [0.25, 0.3) is 0 Å². The number of hydrogen-bond donors (Lipinski definition) is 0. The van der Waals surface area contributed by atoms with Crippen LogP contribution in [0.5, 0.6) is 0 Å². The van der Waals surface area contributed by atoms with Crippen molar-refractivity contribution in [3.63, 3.8) is 0 Å². The molecule has 0 spiro atoms. The van der Waals surface area contributed by atoms with Crippen LogP contribution in [0, 0.1) is 0 Å². The summed E-state index contributed by atoms with van der Waals surface area (Å²) in [5.41, 5.74) is 3.62. The molecule has 0 radical (unpaired) electrons. The van der Waals surface area contributed by atoms with E-state index in [0.29, 0.717) is 5.92 Å². The van der Waals surface area contributed by atoms with Crippen molar-refractivity contribution in [1.29, 1.82) is 0 Å². The number of thioether (sulfide) groups is 1. The molecule has 0 atom stereocenters. The van der Waals surface area contributed by atoms with Crippen molar-refractivity contribution < 1.29 is 4.74 Å². The van der Waals surface area contributed by atoms with Crippen LogP contribution in [0.4, 0.5) is 5.95 Å². The zero-order chi connectivity index (χ0) is 20.2. The molecule has 1 fully saturated rings. The molecular formula is C21H27N5OS2. The fraction of sp³-hybridized carbons (Fsp3) is 0.476. The van der Waals surface area contributed by atoms with Crippen LogP contribution < -0.4 is 4.90 Å². The molecular weight excluding hydrogens is 402 g/mol. The summed E-state index contributed by atoms with van der Waals surface area (Å²) in [4.78, 5) is 7.09. The van der Waals surface area contributed by atoms with E-state index in [1.807, 2.05) is 0 Å². The Hall–Kier alpha value is -1.90. The van der Waals surface area contributed by atoms with Gasteiger partial charge in [0.15, 0.2) is 5.16 Å². The lowest BCUT2D eigenvalue weighted by atomic mass is 10.0. The standard InChI is InChI=1S/C21H27N5OS2/c1-4-26-20(25-9-11-27-12-10-25)23-24-21(26)29-14-18-13-28-19(22-18)17-7-5-16(6-8-17)15(2)3/h5-8,13,15H,4,9-12,14H2,1-3H3. The number of thiazole rings is 1. The minimum absolute atomic E-state index is 0.547. The molecule has 29 heavy (non-hydrogen) atoms. The van der Waals surface area contributed by atoms with Gasteiger partial charge in [0, 0.05) is 36.3 Å². The molecule has 0 bridgehead atoms. The summed E-state index contributed by atoms with van der Waals surface area (Å²) in [6, 6.07) is 8.75. The van der Waals surface area contributed by atoms with E-state index in [0.717, 1.165) is 60.4 Å².